The highest BCUT2D eigenvalue weighted by atomic mass is 16.3. The lowest BCUT2D eigenvalue weighted by molar-refractivity contribution is 0.163. The largest absolute Gasteiger partial charge is 0.396 e. The first kappa shape index (κ1) is 14.3. The van der Waals surface area contributed by atoms with Gasteiger partial charge in [0.25, 0.3) is 0 Å². The number of aryl methyl sites for hydroxylation is 1. The second kappa shape index (κ2) is 6.22. The second-order valence-corrected chi connectivity index (χ2v) is 5.96. The number of aromatic nitrogens is 1. The van der Waals surface area contributed by atoms with E-state index in [1.165, 1.54) is 5.69 Å². The molecule has 1 N–H and O–H groups in total. The maximum Gasteiger partial charge on any atom is 0.0443 e. The SMILES string of the molecule is Cn1cccc1CN(CCCO)CC(C)(C)C. The fourth-order valence-electron chi connectivity index (χ4n) is 2.07. The van der Waals surface area contributed by atoms with Gasteiger partial charge in [0.15, 0.2) is 0 Å². The molecule has 17 heavy (non-hydrogen) atoms. The Morgan fingerprint density at radius 2 is 2.06 bits per heavy atom. The number of aliphatic hydroxyl groups excluding tert-OH is 1. The topological polar surface area (TPSA) is 28.4 Å². The summed E-state index contributed by atoms with van der Waals surface area (Å²) < 4.78 is 2.16. The maximum atomic E-state index is 8.96. The molecule has 1 aromatic heterocycles. The van der Waals surface area contributed by atoms with Gasteiger partial charge >= 0.3 is 0 Å². The maximum absolute atomic E-state index is 8.96. The molecule has 0 aliphatic rings. The van der Waals surface area contributed by atoms with Gasteiger partial charge in [-0.15, -0.1) is 0 Å². The number of hydrogen-bond donors (Lipinski definition) is 1. The summed E-state index contributed by atoms with van der Waals surface area (Å²) in [6, 6.07) is 4.24. The highest BCUT2D eigenvalue weighted by Crippen LogP contribution is 2.17. The van der Waals surface area contributed by atoms with Crippen LogP contribution >= 0.6 is 0 Å². The summed E-state index contributed by atoms with van der Waals surface area (Å²) in [5, 5.41) is 8.96. The first-order valence-electron chi connectivity index (χ1n) is 6.36. The zero-order chi connectivity index (χ0) is 12.9. The average molecular weight is 238 g/mol. The van der Waals surface area contributed by atoms with Gasteiger partial charge in [0.2, 0.25) is 0 Å². The molecule has 1 rings (SSSR count). The molecular weight excluding hydrogens is 212 g/mol. The summed E-state index contributed by atoms with van der Waals surface area (Å²) in [6.45, 7) is 10.0. The van der Waals surface area contributed by atoms with Gasteiger partial charge in [0, 0.05) is 45.2 Å². The molecule has 0 aromatic carbocycles. The number of hydrogen-bond acceptors (Lipinski definition) is 2. The minimum Gasteiger partial charge on any atom is -0.396 e. The third kappa shape index (κ3) is 5.37. The van der Waals surface area contributed by atoms with Gasteiger partial charge in [-0.05, 0) is 24.0 Å². The smallest absolute Gasteiger partial charge is 0.0443 e. The van der Waals surface area contributed by atoms with E-state index in [1.807, 2.05) is 0 Å². The Bertz CT molecular complexity index is 325. The van der Waals surface area contributed by atoms with Crippen LogP contribution in [0.4, 0.5) is 0 Å². The lowest BCUT2D eigenvalue weighted by Crippen LogP contribution is -2.34. The summed E-state index contributed by atoms with van der Waals surface area (Å²) in [5.41, 5.74) is 1.62. The number of rotatable bonds is 6. The van der Waals surface area contributed by atoms with Crippen molar-refractivity contribution in [3.8, 4) is 0 Å². The molecule has 3 nitrogen and oxygen atoms in total. The van der Waals surface area contributed by atoms with E-state index in [2.05, 4.69) is 55.6 Å². The molecule has 0 bridgehead atoms. The molecular formula is C14H26N2O. The van der Waals surface area contributed by atoms with Crippen molar-refractivity contribution in [2.75, 3.05) is 19.7 Å². The van der Waals surface area contributed by atoms with Crippen LogP contribution in [-0.2, 0) is 13.6 Å². The van der Waals surface area contributed by atoms with Crippen LogP contribution in [0.15, 0.2) is 18.3 Å². The van der Waals surface area contributed by atoms with Crippen LogP contribution in [0, 0.1) is 5.41 Å². The van der Waals surface area contributed by atoms with E-state index >= 15 is 0 Å². The molecule has 0 unspecified atom stereocenters. The Morgan fingerprint density at radius 1 is 1.35 bits per heavy atom. The highest BCUT2D eigenvalue weighted by molar-refractivity contribution is 5.06. The standard InChI is InChI=1S/C14H26N2O/c1-14(2,3)12-16(9-6-10-17)11-13-7-5-8-15(13)4/h5,7-8,17H,6,9-12H2,1-4H3. The van der Waals surface area contributed by atoms with E-state index in [0.717, 1.165) is 26.1 Å². The van der Waals surface area contributed by atoms with E-state index < -0.39 is 0 Å². The quantitative estimate of drug-likeness (QED) is 0.823. The molecule has 98 valence electrons. The van der Waals surface area contributed by atoms with E-state index in [1.54, 1.807) is 0 Å². The lowest BCUT2D eigenvalue weighted by Gasteiger charge is -2.30. The van der Waals surface area contributed by atoms with Gasteiger partial charge in [-0.2, -0.15) is 0 Å². The van der Waals surface area contributed by atoms with Gasteiger partial charge in [-0.3, -0.25) is 4.90 Å². The Balaban J connectivity index is 2.60. The monoisotopic (exact) mass is 238 g/mol. The van der Waals surface area contributed by atoms with Crippen LogP contribution in [0.3, 0.4) is 0 Å². The Kier molecular flexibility index (Phi) is 5.22. The first-order chi connectivity index (χ1) is 7.92. The Hall–Kier alpha value is -0.800. The van der Waals surface area contributed by atoms with Gasteiger partial charge < -0.3 is 9.67 Å². The molecule has 0 spiro atoms. The van der Waals surface area contributed by atoms with Crippen molar-refractivity contribution in [3.63, 3.8) is 0 Å². The molecule has 0 atom stereocenters. The minimum absolute atomic E-state index is 0.272. The fraction of sp³-hybridized carbons (Fsp3) is 0.714. The molecule has 1 aromatic rings. The summed E-state index contributed by atoms with van der Waals surface area (Å²) in [6.07, 6.45) is 2.93. The second-order valence-electron chi connectivity index (χ2n) is 5.96. The van der Waals surface area contributed by atoms with Crippen LogP contribution in [-0.4, -0.2) is 34.3 Å². The number of nitrogens with zero attached hydrogens (tertiary/aromatic N) is 2. The molecule has 1 heterocycles. The zero-order valence-electron chi connectivity index (χ0n) is 11.6. The summed E-state index contributed by atoms with van der Waals surface area (Å²) in [5.74, 6) is 0. The predicted octanol–water partition coefficient (Wildman–Crippen LogP) is 2.26. The van der Waals surface area contributed by atoms with E-state index in [0.29, 0.717) is 5.41 Å². The van der Waals surface area contributed by atoms with Crippen molar-refractivity contribution >= 4 is 0 Å². The fourth-order valence-corrected chi connectivity index (χ4v) is 2.07. The average Bonchev–Trinajstić information content (AvgIpc) is 2.59. The van der Waals surface area contributed by atoms with Crippen molar-refractivity contribution < 1.29 is 5.11 Å². The van der Waals surface area contributed by atoms with Crippen LogP contribution in [0.25, 0.3) is 0 Å². The van der Waals surface area contributed by atoms with Gasteiger partial charge in [0.05, 0.1) is 0 Å². The molecule has 0 radical (unpaired) electrons. The Morgan fingerprint density at radius 3 is 2.53 bits per heavy atom. The summed E-state index contributed by atoms with van der Waals surface area (Å²) >= 11 is 0. The van der Waals surface area contributed by atoms with Crippen molar-refractivity contribution in [2.45, 2.75) is 33.7 Å². The van der Waals surface area contributed by atoms with Gasteiger partial charge in [0.1, 0.15) is 0 Å². The van der Waals surface area contributed by atoms with Crippen LogP contribution in [0.5, 0.6) is 0 Å². The van der Waals surface area contributed by atoms with Crippen molar-refractivity contribution in [1.82, 2.24) is 9.47 Å². The summed E-state index contributed by atoms with van der Waals surface area (Å²) in [7, 11) is 2.08. The zero-order valence-corrected chi connectivity index (χ0v) is 11.6. The van der Waals surface area contributed by atoms with Crippen molar-refractivity contribution in [1.29, 1.82) is 0 Å². The molecule has 3 heteroatoms. The molecule has 0 aliphatic heterocycles. The van der Waals surface area contributed by atoms with Crippen LogP contribution in [0.1, 0.15) is 32.9 Å². The Labute approximate surface area is 105 Å². The lowest BCUT2D eigenvalue weighted by atomic mass is 9.96. The van der Waals surface area contributed by atoms with E-state index in [4.69, 9.17) is 5.11 Å². The highest BCUT2D eigenvalue weighted by Gasteiger charge is 2.17. The number of aliphatic hydroxyl groups is 1. The van der Waals surface area contributed by atoms with Gasteiger partial charge in [-0.1, -0.05) is 20.8 Å². The van der Waals surface area contributed by atoms with Crippen LogP contribution in [0.2, 0.25) is 0 Å². The normalized spacial score (nSPS) is 12.4. The van der Waals surface area contributed by atoms with Crippen molar-refractivity contribution in [3.05, 3.63) is 24.0 Å². The third-order valence-electron chi connectivity index (χ3n) is 2.77. The molecule has 0 fully saturated rings. The van der Waals surface area contributed by atoms with E-state index in [-0.39, 0.29) is 6.61 Å². The molecule has 0 aliphatic carbocycles. The van der Waals surface area contributed by atoms with E-state index in [9.17, 15) is 0 Å². The minimum atomic E-state index is 0.272. The van der Waals surface area contributed by atoms with Gasteiger partial charge in [-0.25, -0.2) is 0 Å². The molecule has 0 amide bonds. The predicted molar refractivity (Wildman–Crippen MR) is 71.8 cm³/mol. The van der Waals surface area contributed by atoms with Crippen LogP contribution < -0.4 is 0 Å². The first-order valence-corrected chi connectivity index (χ1v) is 6.36. The third-order valence-corrected chi connectivity index (χ3v) is 2.77. The molecule has 0 saturated carbocycles. The summed E-state index contributed by atoms with van der Waals surface area (Å²) in [4.78, 5) is 2.42. The van der Waals surface area contributed by atoms with Crippen molar-refractivity contribution in [2.24, 2.45) is 12.5 Å². The molecule has 0 saturated heterocycles.